The Morgan fingerprint density at radius 3 is 2.44 bits per heavy atom. The maximum Gasteiger partial charge on any atom is 0.240 e. The number of aliphatic hydroxyl groups is 1. The second-order valence-electron chi connectivity index (χ2n) is 3.45. The summed E-state index contributed by atoms with van der Waals surface area (Å²) in [6, 6.07) is -2.06. The molecule has 2 unspecified atom stereocenters. The number of nitrogens with two attached hydrogens (primary N) is 2. The molecule has 1 radical (unpaired) electrons. The van der Waals surface area contributed by atoms with Crippen LogP contribution in [-0.4, -0.2) is 41.4 Å². The number of nitrogens with one attached hydrogen (secondary N) is 1. The van der Waals surface area contributed by atoms with Gasteiger partial charge < -0.3 is 21.9 Å². The van der Waals surface area contributed by atoms with Crippen molar-refractivity contribution in [2.45, 2.75) is 38.0 Å². The normalized spacial score (nSPS) is 15.9. The van der Waals surface area contributed by atoms with Crippen LogP contribution in [0.15, 0.2) is 0 Å². The van der Waals surface area contributed by atoms with Crippen molar-refractivity contribution in [2.24, 2.45) is 11.5 Å². The van der Waals surface area contributed by atoms with Gasteiger partial charge in [0, 0.05) is 6.42 Å². The average molecular weight is 230 g/mol. The number of hydrogen-bond acceptors (Lipinski definition) is 5. The first-order valence-electron chi connectivity index (χ1n) is 4.78. The van der Waals surface area contributed by atoms with Gasteiger partial charge in [0.1, 0.15) is 6.04 Å². The molecule has 0 heterocycles. The summed E-state index contributed by atoms with van der Waals surface area (Å²) in [6.45, 7) is 1.35. The number of aliphatic hydroxyl groups excluding tert-OH is 1. The Labute approximate surface area is 93.2 Å². The molecule has 2 amide bonds. The van der Waals surface area contributed by atoms with Crippen LogP contribution >= 0.6 is 0 Å². The van der Waals surface area contributed by atoms with Gasteiger partial charge in [-0.1, -0.05) is 0 Å². The van der Waals surface area contributed by atoms with E-state index in [4.69, 9.17) is 16.6 Å². The zero-order chi connectivity index (χ0) is 12.7. The Morgan fingerprint density at radius 1 is 1.50 bits per heavy atom. The van der Waals surface area contributed by atoms with Gasteiger partial charge in [-0.2, -0.15) is 0 Å². The number of rotatable bonds is 7. The first-order chi connectivity index (χ1) is 7.38. The molecule has 0 bridgehead atoms. The lowest BCUT2D eigenvalue weighted by Crippen LogP contribution is -2.50. The Balaban J connectivity index is 4.16. The number of hydrogen-bond donors (Lipinski definition) is 4. The average Bonchev–Trinajstić information content (AvgIpc) is 2.22. The van der Waals surface area contributed by atoms with E-state index in [1.807, 2.05) is 0 Å². The van der Waals surface area contributed by atoms with Crippen LogP contribution < -0.4 is 16.8 Å². The Morgan fingerprint density at radius 2 is 2.06 bits per heavy atom. The molecular formula is C9H16N3O4. The monoisotopic (exact) mass is 230 g/mol. The van der Waals surface area contributed by atoms with Gasteiger partial charge >= 0.3 is 0 Å². The summed E-state index contributed by atoms with van der Waals surface area (Å²) < 4.78 is 0. The molecule has 7 nitrogen and oxygen atoms in total. The summed E-state index contributed by atoms with van der Waals surface area (Å²) in [5, 5.41) is 11.3. The van der Waals surface area contributed by atoms with Gasteiger partial charge in [0.05, 0.1) is 12.1 Å². The Hall–Kier alpha value is -1.47. The molecule has 0 saturated carbocycles. The van der Waals surface area contributed by atoms with Gasteiger partial charge in [-0.05, 0) is 13.3 Å². The predicted molar refractivity (Wildman–Crippen MR) is 55.7 cm³/mol. The zero-order valence-electron chi connectivity index (χ0n) is 8.97. The fourth-order valence-corrected chi connectivity index (χ4v) is 0.934. The smallest absolute Gasteiger partial charge is 0.240 e. The third kappa shape index (κ3) is 5.42. The lowest BCUT2D eigenvalue weighted by atomic mass is 10.1. The van der Waals surface area contributed by atoms with Crippen LogP contribution in [0.1, 0.15) is 19.8 Å². The summed E-state index contributed by atoms with van der Waals surface area (Å²) in [5.41, 5.74) is 10.2. The Bertz CT molecular complexity index is 267. The van der Waals surface area contributed by atoms with E-state index in [9.17, 15) is 14.4 Å². The number of carbonyl (C=O) groups excluding carboxylic acids is 3. The molecule has 0 aromatic rings. The first kappa shape index (κ1) is 14.5. The molecule has 6 N–H and O–H groups in total. The van der Waals surface area contributed by atoms with Crippen LogP contribution in [0, 0.1) is 0 Å². The second kappa shape index (κ2) is 6.91. The molecule has 0 aromatic carbocycles. The third-order valence-corrected chi connectivity index (χ3v) is 1.96. The SMILES string of the molecule is CC(O)C(N)C(=O)N[C@@H]([C]=O)CCC(N)=O. The highest BCUT2D eigenvalue weighted by Gasteiger charge is 2.22. The molecular weight excluding hydrogens is 214 g/mol. The molecule has 0 fully saturated rings. The lowest BCUT2D eigenvalue weighted by Gasteiger charge is -2.17. The standard InChI is InChI=1S/C9H16N3O4/c1-5(14)8(11)9(16)12-6(4-13)2-3-7(10)15/h5-6,8,14H,2-3,11H2,1H3,(H2,10,15)(H,12,16)/t5?,6-,8?/m1/s1. The molecule has 0 aliphatic rings. The zero-order valence-corrected chi connectivity index (χ0v) is 8.97. The fraction of sp³-hybridized carbons (Fsp3) is 0.667. The van der Waals surface area contributed by atoms with Gasteiger partial charge in [-0.25, -0.2) is 0 Å². The summed E-state index contributed by atoms with van der Waals surface area (Å²) in [5.74, 6) is -1.25. The van der Waals surface area contributed by atoms with Crippen molar-refractivity contribution in [3.63, 3.8) is 0 Å². The van der Waals surface area contributed by atoms with Gasteiger partial charge in [0.2, 0.25) is 18.1 Å². The molecule has 0 spiro atoms. The molecule has 91 valence electrons. The molecule has 0 aliphatic carbocycles. The summed E-state index contributed by atoms with van der Waals surface area (Å²) in [7, 11) is 0. The van der Waals surface area contributed by atoms with Gasteiger partial charge in [0.25, 0.3) is 0 Å². The predicted octanol–water partition coefficient (Wildman–Crippen LogP) is -2.45. The maximum atomic E-state index is 11.3. The summed E-state index contributed by atoms with van der Waals surface area (Å²) in [4.78, 5) is 32.2. The minimum Gasteiger partial charge on any atom is -0.391 e. The Kier molecular flexibility index (Phi) is 6.28. The quantitative estimate of drug-likeness (QED) is 0.385. The van der Waals surface area contributed by atoms with E-state index in [-0.39, 0.29) is 12.8 Å². The molecule has 0 aromatic heterocycles. The highest BCUT2D eigenvalue weighted by molar-refractivity contribution is 5.85. The molecule has 16 heavy (non-hydrogen) atoms. The van der Waals surface area contributed by atoms with Crippen LogP contribution in [-0.2, 0) is 14.4 Å². The van der Waals surface area contributed by atoms with Gasteiger partial charge in [-0.3, -0.25) is 14.4 Å². The van der Waals surface area contributed by atoms with E-state index in [1.165, 1.54) is 6.92 Å². The second-order valence-corrected chi connectivity index (χ2v) is 3.45. The summed E-state index contributed by atoms with van der Waals surface area (Å²) >= 11 is 0. The maximum absolute atomic E-state index is 11.3. The van der Waals surface area contributed by atoms with E-state index in [1.54, 1.807) is 6.29 Å². The molecule has 3 atom stereocenters. The van der Waals surface area contributed by atoms with Gasteiger partial charge in [0.15, 0.2) is 0 Å². The van der Waals surface area contributed by atoms with E-state index in [0.29, 0.717) is 0 Å². The van der Waals surface area contributed by atoms with Crippen molar-refractivity contribution in [3.8, 4) is 0 Å². The fourth-order valence-electron chi connectivity index (χ4n) is 0.934. The number of primary amides is 1. The topological polar surface area (TPSA) is 136 Å². The molecule has 7 heteroatoms. The number of amides is 2. The largest absolute Gasteiger partial charge is 0.391 e. The highest BCUT2D eigenvalue weighted by Crippen LogP contribution is 1.96. The molecule has 0 saturated heterocycles. The van der Waals surface area contributed by atoms with E-state index >= 15 is 0 Å². The highest BCUT2D eigenvalue weighted by atomic mass is 16.3. The molecule has 0 aliphatic heterocycles. The first-order valence-corrected chi connectivity index (χ1v) is 4.78. The van der Waals surface area contributed by atoms with Crippen molar-refractivity contribution in [1.82, 2.24) is 5.32 Å². The van der Waals surface area contributed by atoms with Crippen LogP contribution in [0.3, 0.4) is 0 Å². The van der Waals surface area contributed by atoms with Crippen LogP contribution in [0.4, 0.5) is 0 Å². The van der Waals surface area contributed by atoms with Crippen molar-refractivity contribution in [1.29, 1.82) is 0 Å². The van der Waals surface area contributed by atoms with Crippen molar-refractivity contribution >= 4 is 18.1 Å². The van der Waals surface area contributed by atoms with E-state index in [0.717, 1.165) is 0 Å². The van der Waals surface area contributed by atoms with Gasteiger partial charge in [-0.15, -0.1) is 0 Å². The van der Waals surface area contributed by atoms with E-state index in [2.05, 4.69) is 5.32 Å². The minimum atomic E-state index is -1.12. The third-order valence-electron chi connectivity index (χ3n) is 1.96. The van der Waals surface area contributed by atoms with Crippen molar-refractivity contribution in [2.75, 3.05) is 0 Å². The molecule has 0 rings (SSSR count). The van der Waals surface area contributed by atoms with Crippen molar-refractivity contribution in [3.05, 3.63) is 0 Å². The number of carbonyl (C=O) groups is 2. The van der Waals surface area contributed by atoms with Crippen LogP contribution in [0.25, 0.3) is 0 Å². The van der Waals surface area contributed by atoms with Crippen LogP contribution in [0.2, 0.25) is 0 Å². The van der Waals surface area contributed by atoms with Crippen LogP contribution in [0.5, 0.6) is 0 Å². The lowest BCUT2D eigenvalue weighted by molar-refractivity contribution is -0.125. The summed E-state index contributed by atoms with van der Waals surface area (Å²) in [6.07, 6.45) is 0.560. The minimum absolute atomic E-state index is 0.0376. The van der Waals surface area contributed by atoms with Crippen molar-refractivity contribution < 1.29 is 19.5 Å². The van der Waals surface area contributed by atoms with E-state index < -0.39 is 30.0 Å².